The van der Waals surface area contributed by atoms with Crippen molar-refractivity contribution in [2.45, 2.75) is 236 Å². The molecule has 1 saturated heterocycles. The monoisotopic (exact) mass is 1030 g/mol. The van der Waals surface area contributed by atoms with Crippen LogP contribution in [0.5, 0.6) is 0 Å². The van der Waals surface area contributed by atoms with Crippen molar-refractivity contribution in [2.24, 2.45) is 0 Å². The fourth-order valence-electron chi connectivity index (χ4n) is 7.85. The summed E-state index contributed by atoms with van der Waals surface area (Å²) in [5, 5.41) is 41.4. The number of phosphoric ester groups is 2. The van der Waals surface area contributed by atoms with E-state index < -0.39 is 83.5 Å². The summed E-state index contributed by atoms with van der Waals surface area (Å²) in [7, 11) is -10.7. The largest absolute Gasteiger partial charge is 0.472 e. The maximum absolute atomic E-state index is 13.0. The molecule has 0 amide bonds. The number of ether oxygens (including phenoxy) is 3. The van der Waals surface area contributed by atoms with Crippen LogP contribution in [0.3, 0.4) is 0 Å². The highest BCUT2D eigenvalue weighted by Gasteiger charge is 2.54. The molecule has 1 heterocycles. The number of phosphoric acid groups is 2. The Hall–Kier alpha value is -2.34. The fraction of sp³-hybridized carbons (Fsp3) is 0.765. The summed E-state index contributed by atoms with van der Waals surface area (Å²) in [6, 6.07) is 0. The zero-order chi connectivity index (χ0) is 51.5. The summed E-state index contributed by atoms with van der Waals surface area (Å²) in [4.78, 5) is 54.6. The first kappa shape index (κ1) is 63.8. The summed E-state index contributed by atoms with van der Waals surface area (Å²) in [5.74, 6) is -1.29. The number of aliphatic hydroxyl groups excluding tert-OH is 4. The Morgan fingerprint density at radius 1 is 0.529 bits per heavy atom. The lowest BCUT2D eigenvalue weighted by Gasteiger charge is -2.43. The molecule has 0 spiro atoms. The third-order valence-corrected chi connectivity index (χ3v) is 13.5. The van der Waals surface area contributed by atoms with Gasteiger partial charge in [0.05, 0.1) is 18.8 Å². The molecule has 7 unspecified atom stereocenters. The SMILES string of the molecule is CCCCC/C=C\C/C=C\C/C=C\CC1OC1CCCC(=O)OC[C@H](COP(=O)(O)O[C@H]1C(O)C(O)C(O)[C@@H](OP(=O)(O)O)C1O)OC(=O)CCCCCCCCCCC/C=C\C/C=C\CCCCC. The van der Waals surface area contributed by atoms with Gasteiger partial charge in [0, 0.05) is 12.8 Å². The van der Waals surface area contributed by atoms with Crippen molar-refractivity contribution in [1.29, 1.82) is 0 Å². The van der Waals surface area contributed by atoms with Gasteiger partial charge in [-0.3, -0.25) is 23.2 Å². The van der Waals surface area contributed by atoms with Crippen molar-refractivity contribution in [3.63, 3.8) is 0 Å². The van der Waals surface area contributed by atoms with Gasteiger partial charge < -0.3 is 49.3 Å². The average Bonchev–Trinajstić information content (AvgIpc) is 4.07. The number of aliphatic hydroxyl groups is 4. The van der Waals surface area contributed by atoms with Crippen LogP contribution in [0.1, 0.15) is 181 Å². The summed E-state index contributed by atoms with van der Waals surface area (Å²) in [6.07, 6.45) is 31.7. The Balaban J connectivity index is 1.79. The molecule has 0 aromatic carbocycles. The number of unbranched alkanes of at least 4 members (excludes halogenated alkanes) is 15. The Morgan fingerprint density at radius 3 is 1.54 bits per heavy atom. The molecule has 1 aliphatic heterocycles. The van der Waals surface area contributed by atoms with Crippen LogP contribution in [0.4, 0.5) is 0 Å². The molecule has 404 valence electrons. The Kier molecular flexibility index (Phi) is 34.9. The average molecular weight is 1040 g/mol. The molecule has 0 bridgehead atoms. The third kappa shape index (κ3) is 31.3. The van der Waals surface area contributed by atoms with E-state index >= 15 is 0 Å². The molecular weight excluding hydrogens is 946 g/mol. The first-order valence-electron chi connectivity index (χ1n) is 26.0. The second-order valence-corrected chi connectivity index (χ2v) is 20.9. The van der Waals surface area contributed by atoms with Gasteiger partial charge in [0.25, 0.3) is 0 Å². The van der Waals surface area contributed by atoms with Gasteiger partial charge in [0.2, 0.25) is 0 Å². The molecule has 1 saturated carbocycles. The second-order valence-electron chi connectivity index (χ2n) is 18.3. The molecule has 17 nitrogen and oxygen atoms in total. The van der Waals surface area contributed by atoms with Crippen molar-refractivity contribution >= 4 is 27.6 Å². The zero-order valence-corrected chi connectivity index (χ0v) is 43.7. The number of epoxide rings is 1. The number of carbonyl (C=O) groups is 2. The van der Waals surface area contributed by atoms with E-state index in [1.54, 1.807) is 0 Å². The number of rotatable bonds is 42. The first-order chi connectivity index (χ1) is 33.6. The third-order valence-electron chi connectivity index (χ3n) is 12.0. The molecule has 2 rings (SSSR count). The fourth-order valence-corrected chi connectivity index (χ4v) is 9.39. The van der Waals surface area contributed by atoms with E-state index in [0.717, 1.165) is 77.0 Å². The van der Waals surface area contributed by atoms with Gasteiger partial charge in [-0.2, -0.15) is 0 Å². The lowest BCUT2D eigenvalue weighted by molar-refractivity contribution is -0.216. The molecule has 2 aliphatic rings. The van der Waals surface area contributed by atoms with Crippen LogP contribution in [-0.2, 0) is 46.5 Å². The van der Waals surface area contributed by atoms with E-state index in [4.69, 9.17) is 23.3 Å². The molecule has 70 heavy (non-hydrogen) atoms. The minimum absolute atomic E-state index is 0.0207. The normalized spacial score (nSPS) is 24.4. The van der Waals surface area contributed by atoms with Gasteiger partial charge in [0.1, 0.15) is 43.2 Å². The van der Waals surface area contributed by atoms with Crippen LogP contribution < -0.4 is 0 Å². The molecule has 0 aromatic heterocycles. The highest BCUT2D eigenvalue weighted by Crippen LogP contribution is 2.49. The van der Waals surface area contributed by atoms with E-state index in [9.17, 15) is 53.8 Å². The summed E-state index contributed by atoms with van der Waals surface area (Å²) >= 11 is 0. The molecule has 7 N–H and O–H groups in total. The lowest BCUT2D eigenvalue weighted by atomic mass is 9.85. The van der Waals surface area contributed by atoms with Crippen LogP contribution in [0, 0.1) is 0 Å². The van der Waals surface area contributed by atoms with E-state index in [2.05, 4.69) is 79.1 Å². The predicted molar refractivity (Wildman–Crippen MR) is 268 cm³/mol. The number of hydrogen-bond acceptors (Lipinski definition) is 14. The zero-order valence-electron chi connectivity index (χ0n) is 41.9. The van der Waals surface area contributed by atoms with Crippen molar-refractivity contribution in [3.05, 3.63) is 60.8 Å². The Morgan fingerprint density at radius 2 is 1.00 bits per heavy atom. The van der Waals surface area contributed by atoms with Crippen LogP contribution in [0.15, 0.2) is 60.8 Å². The van der Waals surface area contributed by atoms with Gasteiger partial charge in [-0.15, -0.1) is 0 Å². The topological polar surface area (TPSA) is 269 Å². The second kappa shape index (κ2) is 38.3. The highest BCUT2D eigenvalue weighted by molar-refractivity contribution is 7.47. The molecular formula is C51H88O17P2. The number of esters is 2. The van der Waals surface area contributed by atoms with E-state index in [-0.39, 0.29) is 25.0 Å². The lowest BCUT2D eigenvalue weighted by Crippen LogP contribution is -2.64. The molecule has 0 radical (unpaired) electrons. The van der Waals surface area contributed by atoms with Crippen molar-refractivity contribution in [1.82, 2.24) is 0 Å². The van der Waals surface area contributed by atoms with Crippen LogP contribution in [0.25, 0.3) is 0 Å². The minimum Gasteiger partial charge on any atom is -0.462 e. The number of hydrogen-bond donors (Lipinski definition) is 7. The van der Waals surface area contributed by atoms with E-state index in [1.165, 1.54) is 57.8 Å². The summed E-state index contributed by atoms with van der Waals surface area (Å²) in [5.41, 5.74) is 0. The van der Waals surface area contributed by atoms with Crippen LogP contribution in [0.2, 0.25) is 0 Å². The molecule has 19 heteroatoms. The van der Waals surface area contributed by atoms with Crippen molar-refractivity contribution in [2.75, 3.05) is 13.2 Å². The quantitative estimate of drug-likeness (QED) is 0.00986. The molecule has 2 fully saturated rings. The molecule has 1 aliphatic carbocycles. The highest BCUT2D eigenvalue weighted by atomic mass is 31.2. The molecule has 0 aromatic rings. The van der Waals surface area contributed by atoms with E-state index in [1.807, 2.05) is 0 Å². The van der Waals surface area contributed by atoms with Gasteiger partial charge in [0.15, 0.2) is 6.10 Å². The standard InChI is InChI=1S/C51H88O17P2/c1-3-5-7-9-11-13-15-17-18-19-20-21-22-23-25-27-29-31-33-37-45(53)65-41(40-64-70(61,62)68-51-48(56)46(54)47(55)50(49(51)57)67-69(58,59)60)39-63-44(52)38-34-36-43-42(66-43)35-32-30-28-26-24-16-14-12-10-8-6-4-2/h11-14,17-18,24,26,30,32,41-43,46-51,54-57H,3-10,15-16,19-23,25,27-29,31,33-40H2,1-2H3,(H,61,62)(H2,58,59,60)/b13-11-,14-12-,18-17-,26-24-,32-30-/t41-,42?,43?,46?,47?,48?,49?,50-,51+/m1/s1. The molecule has 10 atom stereocenters. The Labute approximate surface area is 417 Å². The first-order valence-corrected chi connectivity index (χ1v) is 29.0. The van der Waals surface area contributed by atoms with Gasteiger partial charge >= 0.3 is 27.6 Å². The maximum Gasteiger partial charge on any atom is 0.472 e. The maximum atomic E-state index is 13.0. The Bertz CT molecular complexity index is 1650. The van der Waals surface area contributed by atoms with Crippen molar-refractivity contribution in [3.8, 4) is 0 Å². The van der Waals surface area contributed by atoms with Gasteiger partial charge in [-0.1, -0.05) is 145 Å². The van der Waals surface area contributed by atoms with Crippen LogP contribution in [-0.4, -0.2) is 115 Å². The minimum atomic E-state index is -5.38. The van der Waals surface area contributed by atoms with E-state index in [0.29, 0.717) is 19.3 Å². The van der Waals surface area contributed by atoms with Gasteiger partial charge in [-0.05, 0) is 83.5 Å². The van der Waals surface area contributed by atoms with Crippen molar-refractivity contribution < 1.29 is 81.6 Å². The number of carbonyl (C=O) groups excluding carboxylic acids is 2. The summed E-state index contributed by atoms with van der Waals surface area (Å²) in [6.45, 7) is 3.00. The predicted octanol–water partition coefficient (Wildman–Crippen LogP) is 9.61. The van der Waals surface area contributed by atoms with Crippen LogP contribution >= 0.6 is 15.6 Å². The number of allylic oxidation sites excluding steroid dienone is 9. The smallest absolute Gasteiger partial charge is 0.462 e. The van der Waals surface area contributed by atoms with Gasteiger partial charge in [-0.25, -0.2) is 9.13 Å². The summed E-state index contributed by atoms with van der Waals surface area (Å²) < 4.78 is 55.3.